The Morgan fingerprint density at radius 1 is 0.724 bits per heavy atom. The van der Waals surface area contributed by atoms with Gasteiger partial charge in [-0.15, -0.1) is 70.7 Å². The number of rotatable bonds is 1. The smallest absolute Gasteiger partial charge is 0.174 e. The van der Waals surface area contributed by atoms with E-state index in [4.69, 9.17) is 0 Å². The Bertz CT molecular complexity index is 1080. The van der Waals surface area contributed by atoms with Gasteiger partial charge < -0.3 is 0 Å². The van der Waals surface area contributed by atoms with Gasteiger partial charge in [0.1, 0.15) is 0 Å². The van der Waals surface area contributed by atoms with Gasteiger partial charge >= 0.3 is 26.2 Å². The first-order valence-corrected chi connectivity index (χ1v) is 9.88. The van der Waals surface area contributed by atoms with Crippen molar-refractivity contribution in [1.82, 2.24) is 0 Å². The minimum Gasteiger partial charge on any atom is -0.174 e. The average molecular weight is 450 g/mol. The second-order valence-electron chi connectivity index (χ2n) is 7.44. The fraction of sp³-hybridized carbons (Fsp3) is 0.0714. The van der Waals surface area contributed by atoms with Gasteiger partial charge in [0.25, 0.3) is 0 Å². The van der Waals surface area contributed by atoms with E-state index < -0.39 is 0 Å². The quantitative estimate of drug-likeness (QED) is 0.362. The van der Waals surface area contributed by atoms with Gasteiger partial charge in [0.05, 0.1) is 0 Å². The molecule has 0 amide bonds. The van der Waals surface area contributed by atoms with Crippen molar-refractivity contribution >= 4 is 11.6 Å². The van der Waals surface area contributed by atoms with Crippen LogP contribution in [0.15, 0.2) is 108 Å². The van der Waals surface area contributed by atoms with Crippen molar-refractivity contribution in [2.45, 2.75) is 12.8 Å². The Hall–Kier alpha value is -2.50. The Labute approximate surface area is 192 Å². The van der Waals surface area contributed by atoms with Gasteiger partial charge in [0.2, 0.25) is 0 Å². The molecular weight excluding hydrogens is 428 g/mol. The second kappa shape index (κ2) is 8.89. The molecule has 3 aliphatic carbocycles. The van der Waals surface area contributed by atoms with Crippen LogP contribution in [-0.2, 0) is 39.0 Å². The van der Waals surface area contributed by atoms with Crippen LogP contribution in [0.1, 0.15) is 27.8 Å². The van der Waals surface area contributed by atoms with Gasteiger partial charge in [-0.05, 0) is 12.0 Å². The van der Waals surface area contributed by atoms with Gasteiger partial charge in [-0.25, -0.2) is 0 Å². The third-order valence-electron chi connectivity index (χ3n) is 5.60. The van der Waals surface area contributed by atoms with E-state index in [1.54, 1.807) is 0 Å². The molecule has 0 bridgehead atoms. The molecule has 3 aliphatic rings. The molecule has 0 nitrogen and oxygen atoms in total. The van der Waals surface area contributed by atoms with E-state index in [1.165, 1.54) is 44.5 Å². The molecule has 0 N–H and O–H groups in total. The monoisotopic (exact) mass is 448 g/mol. The van der Waals surface area contributed by atoms with Gasteiger partial charge in [-0.1, -0.05) is 72.2 Å². The van der Waals surface area contributed by atoms with Crippen molar-refractivity contribution in [1.29, 1.82) is 0 Å². The van der Waals surface area contributed by atoms with Crippen LogP contribution < -0.4 is 0 Å². The normalized spacial score (nSPS) is 15.1. The van der Waals surface area contributed by atoms with Crippen molar-refractivity contribution in [3.05, 3.63) is 142 Å². The number of benzene rings is 2. The summed E-state index contributed by atoms with van der Waals surface area (Å²) in [6, 6.07) is 25.8. The molecule has 0 heterocycles. The third kappa shape index (κ3) is 4.26. The van der Waals surface area contributed by atoms with Crippen molar-refractivity contribution in [3.8, 4) is 0 Å². The molecule has 3 aromatic rings. The minimum atomic E-state index is 0. The number of hydrogen-bond donors (Lipinski definition) is 0. The molecule has 3 aromatic carbocycles. The van der Waals surface area contributed by atoms with Crippen molar-refractivity contribution < 1.29 is 26.2 Å². The fourth-order valence-corrected chi connectivity index (χ4v) is 4.11. The SMILES string of the molecule is C1=C([c-]2cccc2)Cc2ccccc21.C1=CC(=C2[CH-]c3ccccc3C2)C=C1.[Zr+2]. The first kappa shape index (κ1) is 19.8. The molecule has 29 heavy (non-hydrogen) atoms. The standard InChI is InChI=1S/2C14H11.Zr/c2*1-2-6-11(5-1)14-9-12-7-3-4-8-13(12)10-14;/h2*1-9H,10H2;/q2*-1;+2. The van der Waals surface area contributed by atoms with E-state index >= 15 is 0 Å². The minimum absolute atomic E-state index is 0. The Morgan fingerprint density at radius 2 is 1.41 bits per heavy atom. The summed E-state index contributed by atoms with van der Waals surface area (Å²) >= 11 is 0. The zero-order valence-corrected chi connectivity index (χ0v) is 18.8. The van der Waals surface area contributed by atoms with Crippen molar-refractivity contribution in [2.75, 3.05) is 0 Å². The van der Waals surface area contributed by atoms with Gasteiger partial charge in [-0.2, -0.15) is 12.1 Å². The third-order valence-corrected chi connectivity index (χ3v) is 5.60. The molecule has 1 heteroatoms. The fourth-order valence-electron chi connectivity index (χ4n) is 4.11. The maximum atomic E-state index is 2.30. The maximum Gasteiger partial charge on any atom is 2.00 e. The molecule has 0 unspecified atom stereocenters. The predicted molar refractivity (Wildman–Crippen MR) is 119 cm³/mol. The Morgan fingerprint density at radius 3 is 2.14 bits per heavy atom. The van der Waals surface area contributed by atoms with Crippen LogP contribution in [0.3, 0.4) is 0 Å². The van der Waals surface area contributed by atoms with E-state index in [2.05, 4.69) is 110 Å². The summed E-state index contributed by atoms with van der Waals surface area (Å²) in [7, 11) is 0. The van der Waals surface area contributed by atoms with Crippen LogP contribution in [-0.4, -0.2) is 0 Å². The summed E-state index contributed by atoms with van der Waals surface area (Å²) in [5, 5.41) is 0. The molecule has 0 aliphatic heterocycles. The maximum absolute atomic E-state index is 2.30. The first-order valence-electron chi connectivity index (χ1n) is 9.88. The molecule has 0 atom stereocenters. The summed E-state index contributed by atoms with van der Waals surface area (Å²) in [5.41, 5.74) is 11.3. The van der Waals surface area contributed by atoms with Crippen LogP contribution >= 0.6 is 0 Å². The molecule has 0 spiro atoms. The molecule has 138 valence electrons. The molecule has 0 fully saturated rings. The Kier molecular flexibility index (Phi) is 6.07. The summed E-state index contributed by atoms with van der Waals surface area (Å²) in [4.78, 5) is 0. The molecule has 0 saturated carbocycles. The van der Waals surface area contributed by atoms with E-state index in [0.717, 1.165) is 12.8 Å². The second-order valence-corrected chi connectivity index (χ2v) is 7.44. The van der Waals surface area contributed by atoms with Crippen LogP contribution in [0.4, 0.5) is 0 Å². The van der Waals surface area contributed by atoms with Crippen LogP contribution in [0.5, 0.6) is 0 Å². The van der Waals surface area contributed by atoms with Crippen LogP contribution in [0.2, 0.25) is 0 Å². The van der Waals surface area contributed by atoms with Crippen molar-refractivity contribution in [2.24, 2.45) is 0 Å². The van der Waals surface area contributed by atoms with Gasteiger partial charge in [0.15, 0.2) is 0 Å². The summed E-state index contributed by atoms with van der Waals surface area (Å²) in [6.45, 7) is 0. The number of hydrogen-bond acceptors (Lipinski definition) is 0. The number of allylic oxidation sites excluding steroid dienone is 7. The van der Waals surface area contributed by atoms with E-state index in [0.29, 0.717) is 0 Å². The first-order chi connectivity index (χ1) is 13.9. The van der Waals surface area contributed by atoms with Crippen LogP contribution in [0, 0.1) is 6.42 Å². The van der Waals surface area contributed by atoms with Gasteiger partial charge in [-0.3, -0.25) is 0 Å². The zero-order valence-electron chi connectivity index (χ0n) is 16.3. The zero-order chi connectivity index (χ0) is 18.8. The molecule has 0 aromatic heterocycles. The molecular formula is C28H22Zr. The summed E-state index contributed by atoms with van der Waals surface area (Å²) < 4.78 is 0. The topological polar surface area (TPSA) is 0 Å². The summed E-state index contributed by atoms with van der Waals surface area (Å²) in [6.07, 6.45) is 15.3. The van der Waals surface area contributed by atoms with E-state index in [1.807, 2.05) is 0 Å². The van der Waals surface area contributed by atoms with Gasteiger partial charge in [0, 0.05) is 0 Å². The molecule has 0 radical (unpaired) electrons. The molecule has 0 saturated heterocycles. The van der Waals surface area contributed by atoms with E-state index in [9.17, 15) is 0 Å². The predicted octanol–water partition coefficient (Wildman–Crippen LogP) is 6.72. The number of fused-ring (bicyclic) bond motifs is 2. The average Bonchev–Trinajstić information content (AvgIpc) is 3.54. The van der Waals surface area contributed by atoms with E-state index in [-0.39, 0.29) is 26.2 Å². The Balaban J connectivity index is 0.000000137. The summed E-state index contributed by atoms with van der Waals surface area (Å²) in [5.74, 6) is 0. The largest absolute Gasteiger partial charge is 2.00 e. The molecule has 6 rings (SSSR count). The van der Waals surface area contributed by atoms with Crippen LogP contribution in [0.25, 0.3) is 11.6 Å². The van der Waals surface area contributed by atoms with Crippen molar-refractivity contribution in [3.63, 3.8) is 0 Å².